The molecule has 0 amide bonds. The van der Waals surface area contributed by atoms with Crippen molar-refractivity contribution < 1.29 is 19.7 Å². The van der Waals surface area contributed by atoms with Crippen molar-refractivity contribution in [2.75, 3.05) is 32.2 Å². The molecule has 0 radical (unpaired) electrons. The first-order chi connectivity index (χ1) is 8.45. The Morgan fingerprint density at radius 2 is 2.28 bits per heavy atom. The standard InChI is InChI=1S/C11H17N3O4/c1-7-9(10(16)17)4-12-11(13-7)14(2)5-8(15)6-18-3/h4,8,15H,5-6H2,1-3H3,(H,16,17). The molecule has 18 heavy (non-hydrogen) atoms. The number of nitrogens with zero attached hydrogens (tertiary/aromatic N) is 3. The van der Waals surface area contributed by atoms with Crippen LogP contribution in [-0.2, 0) is 4.74 Å². The van der Waals surface area contributed by atoms with Crippen molar-refractivity contribution in [2.45, 2.75) is 13.0 Å². The summed E-state index contributed by atoms with van der Waals surface area (Å²) in [5.74, 6) is -0.686. The van der Waals surface area contributed by atoms with E-state index in [0.717, 1.165) is 0 Å². The van der Waals surface area contributed by atoms with Crippen molar-refractivity contribution in [3.8, 4) is 0 Å². The van der Waals surface area contributed by atoms with E-state index < -0.39 is 12.1 Å². The summed E-state index contributed by atoms with van der Waals surface area (Å²) in [7, 11) is 3.22. The molecule has 1 heterocycles. The Kier molecular flexibility index (Phi) is 4.99. The fourth-order valence-electron chi connectivity index (χ4n) is 1.49. The average molecular weight is 255 g/mol. The lowest BCUT2D eigenvalue weighted by Gasteiger charge is -2.20. The number of carboxylic acid groups (broad SMARTS) is 1. The predicted octanol–water partition coefficient (Wildman–Crippen LogP) is -0.0733. The zero-order valence-corrected chi connectivity index (χ0v) is 10.6. The Morgan fingerprint density at radius 3 is 2.78 bits per heavy atom. The number of aliphatic hydroxyl groups is 1. The summed E-state index contributed by atoms with van der Waals surface area (Å²) in [5, 5.41) is 18.4. The maximum atomic E-state index is 10.8. The predicted molar refractivity (Wildman–Crippen MR) is 64.9 cm³/mol. The van der Waals surface area contributed by atoms with E-state index in [1.807, 2.05) is 0 Å². The summed E-state index contributed by atoms with van der Waals surface area (Å²) in [6.45, 7) is 2.13. The highest BCUT2D eigenvalue weighted by Crippen LogP contribution is 2.10. The van der Waals surface area contributed by atoms with Crippen LogP contribution in [0, 0.1) is 6.92 Å². The third-order valence-corrected chi connectivity index (χ3v) is 2.38. The molecule has 0 aliphatic carbocycles. The Balaban J connectivity index is 2.78. The largest absolute Gasteiger partial charge is 0.478 e. The number of ether oxygens (including phenoxy) is 1. The molecule has 0 bridgehead atoms. The van der Waals surface area contributed by atoms with Crippen LogP contribution in [0.4, 0.5) is 5.95 Å². The molecule has 1 rings (SSSR count). The van der Waals surface area contributed by atoms with Gasteiger partial charge in [-0.05, 0) is 6.92 Å². The molecule has 1 unspecified atom stereocenters. The summed E-state index contributed by atoms with van der Waals surface area (Å²) < 4.78 is 4.82. The molecule has 7 nitrogen and oxygen atoms in total. The van der Waals surface area contributed by atoms with Crippen LogP contribution in [-0.4, -0.2) is 59.6 Å². The van der Waals surface area contributed by atoms with Crippen molar-refractivity contribution in [1.29, 1.82) is 0 Å². The van der Waals surface area contributed by atoms with Gasteiger partial charge in [-0.25, -0.2) is 14.8 Å². The van der Waals surface area contributed by atoms with Gasteiger partial charge in [-0.15, -0.1) is 0 Å². The second-order valence-electron chi connectivity index (χ2n) is 3.96. The average Bonchev–Trinajstić information content (AvgIpc) is 2.28. The van der Waals surface area contributed by atoms with E-state index in [9.17, 15) is 9.90 Å². The molecule has 7 heteroatoms. The summed E-state index contributed by atoms with van der Waals surface area (Å²) in [6, 6.07) is 0. The number of carboxylic acids is 1. The zero-order chi connectivity index (χ0) is 13.7. The minimum absolute atomic E-state index is 0.0737. The van der Waals surface area contributed by atoms with Gasteiger partial charge in [-0.1, -0.05) is 0 Å². The lowest BCUT2D eigenvalue weighted by Crippen LogP contribution is -2.33. The van der Waals surface area contributed by atoms with Crippen molar-refractivity contribution in [1.82, 2.24) is 9.97 Å². The van der Waals surface area contributed by atoms with Crippen molar-refractivity contribution in [2.24, 2.45) is 0 Å². The second-order valence-corrected chi connectivity index (χ2v) is 3.96. The number of aromatic nitrogens is 2. The summed E-state index contributed by atoms with van der Waals surface area (Å²) in [5.41, 5.74) is 0.463. The molecule has 0 aromatic carbocycles. The summed E-state index contributed by atoms with van der Waals surface area (Å²) in [6.07, 6.45) is 0.613. The van der Waals surface area contributed by atoms with Gasteiger partial charge in [0.25, 0.3) is 0 Å². The smallest absolute Gasteiger partial charge is 0.339 e. The molecule has 1 atom stereocenters. The Hall–Kier alpha value is -1.73. The van der Waals surface area contributed by atoms with Gasteiger partial charge < -0.3 is 19.8 Å². The van der Waals surface area contributed by atoms with Gasteiger partial charge in [0.15, 0.2) is 0 Å². The maximum absolute atomic E-state index is 10.8. The summed E-state index contributed by atoms with van der Waals surface area (Å²) >= 11 is 0. The van der Waals surface area contributed by atoms with E-state index in [0.29, 0.717) is 18.2 Å². The van der Waals surface area contributed by atoms with Gasteiger partial charge in [-0.3, -0.25) is 0 Å². The van der Waals surface area contributed by atoms with Crippen molar-refractivity contribution >= 4 is 11.9 Å². The van der Waals surface area contributed by atoms with Crippen LogP contribution in [0.1, 0.15) is 16.1 Å². The van der Waals surface area contributed by atoms with Crippen LogP contribution in [0.2, 0.25) is 0 Å². The van der Waals surface area contributed by atoms with Crippen LogP contribution < -0.4 is 4.90 Å². The Morgan fingerprint density at radius 1 is 1.61 bits per heavy atom. The van der Waals surface area contributed by atoms with Gasteiger partial charge in [0.1, 0.15) is 0 Å². The third-order valence-electron chi connectivity index (χ3n) is 2.38. The number of rotatable bonds is 6. The molecule has 1 aromatic rings. The van der Waals surface area contributed by atoms with E-state index in [-0.39, 0.29) is 12.2 Å². The highest BCUT2D eigenvalue weighted by molar-refractivity contribution is 5.88. The molecule has 0 aliphatic rings. The van der Waals surface area contributed by atoms with Crippen LogP contribution in [0.25, 0.3) is 0 Å². The number of aromatic carboxylic acids is 1. The first-order valence-electron chi connectivity index (χ1n) is 5.40. The number of carbonyl (C=O) groups is 1. The molecular formula is C11H17N3O4. The molecular weight excluding hydrogens is 238 g/mol. The number of methoxy groups -OCH3 is 1. The van der Waals surface area contributed by atoms with Crippen LogP contribution >= 0.6 is 0 Å². The number of hydrogen-bond donors (Lipinski definition) is 2. The highest BCUT2D eigenvalue weighted by atomic mass is 16.5. The number of anilines is 1. The molecule has 100 valence electrons. The van der Waals surface area contributed by atoms with E-state index in [4.69, 9.17) is 9.84 Å². The van der Waals surface area contributed by atoms with Crippen molar-refractivity contribution in [3.05, 3.63) is 17.5 Å². The fourth-order valence-corrected chi connectivity index (χ4v) is 1.49. The maximum Gasteiger partial charge on any atom is 0.339 e. The molecule has 0 aliphatic heterocycles. The second kappa shape index (κ2) is 6.27. The number of aryl methyl sites for hydroxylation is 1. The Labute approximate surface area is 105 Å². The minimum atomic E-state index is -1.05. The fraction of sp³-hybridized carbons (Fsp3) is 0.545. The van der Waals surface area contributed by atoms with Crippen LogP contribution in [0.3, 0.4) is 0 Å². The first-order valence-corrected chi connectivity index (χ1v) is 5.40. The number of hydrogen-bond acceptors (Lipinski definition) is 6. The highest BCUT2D eigenvalue weighted by Gasteiger charge is 2.14. The zero-order valence-electron chi connectivity index (χ0n) is 10.6. The van der Waals surface area contributed by atoms with Gasteiger partial charge in [-0.2, -0.15) is 0 Å². The summed E-state index contributed by atoms with van der Waals surface area (Å²) in [4.78, 5) is 20.5. The number of likely N-dealkylation sites (N-methyl/N-ethyl adjacent to an activating group) is 1. The van der Waals surface area contributed by atoms with E-state index in [1.165, 1.54) is 13.3 Å². The van der Waals surface area contributed by atoms with Crippen molar-refractivity contribution in [3.63, 3.8) is 0 Å². The number of aliphatic hydroxyl groups excluding tert-OH is 1. The molecule has 1 aromatic heterocycles. The molecule has 0 fully saturated rings. The van der Waals surface area contributed by atoms with Gasteiger partial charge >= 0.3 is 5.97 Å². The topological polar surface area (TPSA) is 95.8 Å². The normalized spacial score (nSPS) is 12.2. The van der Waals surface area contributed by atoms with E-state index in [2.05, 4.69) is 9.97 Å². The van der Waals surface area contributed by atoms with Gasteiger partial charge in [0.05, 0.1) is 24.0 Å². The third kappa shape index (κ3) is 3.64. The lowest BCUT2D eigenvalue weighted by molar-refractivity contribution is 0.0688. The van der Waals surface area contributed by atoms with E-state index in [1.54, 1.807) is 18.9 Å². The molecule has 0 saturated carbocycles. The van der Waals surface area contributed by atoms with Crippen LogP contribution in [0.5, 0.6) is 0 Å². The van der Waals surface area contributed by atoms with E-state index >= 15 is 0 Å². The quantitative estimate of drug-likeness (QED) is 0.734. The monoisotopic (exact) mass is 255 g/mol. The molecule has 0 saturated heterocycles. The lowest BCUT2D eigenvalue weighted by atomic mass is 10.2. The molecule has 2 N–H and O–H groups in total. The van der Waals surface area contributed by atoms with Gasteiger partial charge in [0, 0.05) is 26.9 Å². The molecule has 0 spiro atoms. The van der Waals surface area contributed by atoms with Gasteiger partial charge in [0.2, 0.25) is 5.95 Å². The SMILES string of the molecule is COCC(O)CN(C)c1ncc(C(=O)O)c(C)n1. The first kappa shape index (κ1) is 14.3. The van der Waals surface area contributed by atoms with Crippen LogP contribution in [0.15, 0.2) is 6.20 Å². The minimum Gasteiger partial charge on any atom is -0.478 e. The Bertz CT molecular complexity index is 425.